The number of aromatic carboxylic acids is 1. The van der Waals surface area contributed by atoms with Gasteiger partial charge in [-0.1, -0.05) is 29.8 Å². The molecule has 0 bridgehead atoms. The third-order valence-corrected chi connectivity index (χ3v) is 8.81. The fraction of sp³-hybridized carbons (Fsp3) is 0.344. The molecule has 5 heterocycles. The average Bonchev–Trinajstić information content (AvgIpc) is 3.31. The van der Waals surface area contributed by atoms with E-state index >= 15 is 4.39 Å². The molecule has 2 atom stereocenters. The van der Waals surface area contributed by atoms with E-state index in [-0.39, 0.29) is 28.3 Å². The number of likely N-dealkylation sites (tertiary alicyclic amines) is 1. The molecule has 0 aliphatic carbocycles. The fourth-order valence-corrected chi connectivity index (χ4v) is 6.34. The van der Waals surface area contributed by atoms with Gasteiger partial charge in [-0.3, -0.25) is 4.90 Å². The molecule has 0 radical (unpaired) electrons. The van der Waals surface area contributed by atoms with Gasteiger partial charge in [-0.2, -0.15) is 0 Å². The van der Waals surface area contributed by atoms with Crippen LogP contribution in [-0.4, -0.2) is 56.3 Å². The van der Waals surface area contributed by atoms with E-state index < -0.39 is 23.7 Å². The highest BCUT2D eigenvalue weighted by molar-refractivity contribution is 6.30. The molecule has 1 N–H and O–H groups in total. The van der Waals surface area contributed by atoms with Gasteiger partial charge in [0.15, 0.2) is 11.3 Å². The molecule has 3 aliphatic heterocycles. The molecule has 0 spiro atoms. The van der Waals surface area contributed by atoms with Crippen molar-refractivity contribution in [2.24, 2.45) is 0 Å². The number of imidazole rings is 1. The molecule has 2 unspecified atom stereocenters. The van der Waals surface area contributed by atoms with Gasteiger partial charge in [0.1, 0.15) is 34.8 Å². The molecule has 0 amide bonds. The maximum Gasteiger partial charge on any atom is 0.354 e. The molecule has 43 heavy (non-hydrogen) atoms. The van der Waals surface area contributed by atoms with Crippen molar-refractivity contribution >= 4 is 34.6 Å². The Morgan fingerprint density at radius 3 is 2.58 bits per heavy atom. The van der Waals surface area contributed by atoms with E-state index in [1.807, 2.05) is 16.7 Å². The third-order valence-electron chi connectivity index (χ3n) is 8.58. The maximum atomic E-state index is 15.3. The lowest BCUT2D eigenvalue weighted by atomic mass is 9.86. The van der Waals surface area contributed by atoms with Gasteiger partial charge in [-0.15, -0.1) is 0 Å². The van der Waals surface area contributed by atoms with Gasteiger partial charge in [0.25, 0.3) is 0 Å². The number of rotatable bonds is 7. The van der Waals surface area contributed by atoms with Crippen LogP contribution in [0.15, 0.2) is 54.6 Å². The molecule has 4 aromatic rings. The second-order valence-corrected chi connectivity index (χ2v) is 11.7. The normalized spacial score (nSPS) is 20.8. The number of carbonyl (C=O) groups is 1. The number of ether oxygens (including phenoxy) is 2. The van der Waals surface area contributed by atoms with Gasteiger partial charge in [0.05, 0.1) is 24.8 Å². The molecule has 3 aliphatic rings. The van der Waals surface area contributed by atoms with Crippen LogP contribution in [0.4, 0.5) is 8.78 Å². The molecule has 11 heteroatoms. The van der Waals surface area contributed by atoms with Crippen LogP contribution in [0.3, 0.4) is 0 Å². The second-order valence-electron chi connectivity index (χ2n) is 11.3. The number of carboxylic acids is 1. The van der Waals surface area contributed by atoms with Crippen LogP contribution in [0, 0.1) is 5.82 Å². The average molecular weight is 607 g/mol. The lowest BCUT2D eigenvalue weighted by Crippen LogP contribution is -2.35. The number of nitrogens with zero attached hydrogens (tertiary/aromatic N) is 4. The monoisotopic (exact) mass is 606 g/mol. The van der Waals surface area contributed by atoms with Gasteiger partial charge >= 0.3 is 5.97 Å². The Bertz CT molecular complexity index is 1750. The van der Waals surface area contributed by atoms with Crippen LogP contribution in [0.2, 0.25) is 5.02 Å². The minimum absolute atomic E-state index is 0.0173. The van der Waals surface area contributed by atoms with Crippen LogP contribution >= 0.6 is 11.6 Å². The summed E-state index contributed by atoms with van der Waals surface area (Å²) < 4.78 is 43.9. The van der Waals surface area contributed by atoms with Gasteiger partial charge in [0.2, 0.25) is 0 Å². The minimum atomic E-state index is -1.08. The van der Waals surface area contributed by atoms with Gasteiger partial charge < -0.3 is 19.1 Å². The molecule has 2 fully saturated rings. The zero-order valence-corrected chi connectivity index (χ0v) is 23.9. The highest BCUT2D eigenvalue weighted by atomic mass is 35.5. The third kappa shape index (κ3) is 5.39. The number of aromatic nitrogens is 3. The number of fused-ring (bicyclic) bond motifs is 2. The number of hydrogen-bond acceptors (Lipinski definition) is 6. The summed E-state index contributed by atoms with van der Waals surface area (Å²) in [6.07, 6.45) is 3.04. The van der Waals surface area contributed by atoms with E-state index in [2.05, 4.69) is 9.88 Å². The summed E-state index contributed by atoms with van der Waals surface area (Å²) in [4.78, 5) is 23.1. The predicted octanol–water partition coefficient (Wildman–Crippen LogP) is 6.53. The van der Waals surface area contributed by atoms with E-state index in [1.165, 1.54) is 24.3 Å². The largest absolute Gasteiger partial charge is 0.480 e. The SMILES string of the molecule is O=C(O)c1ccc2nc(CN3CCC(c4cccc5c4OC(c4ccc(Cl)cc4F)C=C5F)CC3)n(CC3CCO3)c2n1. The first kappa shape index (κ1) is 27.9. The Morgan fingerprint density at radius 2 is 1.86 bits per heavy atom. The highest BCUT2D eigenvalue weighted by Gasteiger charge is 2.31. The van der Waals surface area contributed by atoms with Crippen LogP contribution in [0.5, 0.6) is 5.75 Å². The zero-order chi connectivity index (χ0) is 29.7. The summed E-state index contributed by atoms with van der Waals surface area (Å²) in [5.41, 5.74) is 2.72. The van der Waals surface area contributed by atoms with Crippen LogP contribution < -0.4 is 4.74 Å². The Kier molecular flexibility index (Phi) is 7.36. The van der Waals surface area contributed by atoms with E-state index in [0.29, 0.717) is 35.6 Å². The Labute approximate surface area is 251 Å². The lowest BCUT2D eigenvalue weighted by Gasteiger charge is -2.34. The summed E-state index contributed by atoms with van der Waals surface area (Å²) in [7, 11) is 0. The van der Waals surface area contributed by atoms with Crippen LogP contribution in [0.1, 0.15) is 64.3 Å². The summed E-state index contributed by atoms with van der Waals surface area (Å²) in [6.45, 7) is 3.42. The van der Waals surface area contributed by atoms with Crippen molar-refractivity contribution < 1.29 is 28.2 Å². The molecule has 7 rings (SSSR count). The first-order valence-electron chi connectivity index (χ1n) is 14.4. The highest BCUT2D eigenvalue weighted by Crippen LogP contribution is 2.45. The van der Waals surface area contributed by atoms with Crippen molar-refractivity contribution in [3.8, 4) is 5.75 Å². The number of carboxylic acid groups (broad SMARTS) is 1. The number of hydrogen-bond donors (Lipinski definition) is 1. The Morgan fingerprint density at radius 1 is 1.05 bits per heavy atom. The standard InChI is InChI=1S/C32H29ClF2N4O4/c33-19-4-5-22(24(34)14-19)28-15-25(35)23-3-1-2-21(30(23)43-28)18-8-11-38(12-9-18)17-29-36-26-6-7-27(32(40)41)37-31(26)39(29)16-20-10-13-42-20/h1-7,14-15,18,20,28H,8-13,16-17H2,(H,40,41). The van der Waals surface area contributed by atoms with Gasteiger partial charge in [-0.25, -0.2) is 23.5 Å². The Balaban J connectivity index is 1.10. The fourth-order valence-electron chi connectivity index (χ4n) is 6.18. The van der Waals surface area contributed by atoms with Gasteiger partial charge in [0, 0.05) is 17.2 Å². The molecule has 2 aromatic carbocycles. The molecule has 2 aromatic heterocycles. The molecule has 8 nitrogen and oxygen atoms in total. The summed E-state index contributed by atoms with van der Waals surface area (Å²) in [5.74, 6) is -0.642. The number of halogens is 3. The summed E-state index contributed by atoms with van der Waals surface area (Å²) in [5, 5.41) is 9.73. The van der Waals surface area contributed by atoms with Crippen LogP contribution in [-0.2, 0) is 17.8 Å². The minimum Gasteiger partial charge on any atom is -0.480 e. The number of para-hydroxylation sites is 1. The molecule has 2 saturated heterocycles. The van der Waals surface area contributed by atoms with E-state index in [9.17, 15) is 14.3 Å². The summed E-state index contributed by atoms with van der Waals surface area (Å²) in [6, 6.07) is 13.0. The topological polar surface area (TPSA) is 89.7 Å². The number of piperidine rings is 1. The molecule has 0 saturated carbocycles. The van der Waals surface area contributed by atoms with Crippen molar-refractivity contribution in [1.82, 2.24) is 19.4 Å². The Hall–Kier alpha value is -3.86. The van der Waals surface area contributed by atoms with E-state index in [1.54, 1.807) is 18.2 Å². The van der Waals surface area contributed by atoms with Crippen molar-refractivity contribution in [3.63, 3.8) is 0 Å². The second kappa shape index (κ2) is 11.3. The zero-order valence-electron chi connectivity index (χ0n) is 23.2. The molecular weight excluding hydrogens is 578 g/mol. The number of benzene rings is 2. The predicted molar refractivity (Wildman–Crippen MR) is 156 cm³/mol. The van der Waals surface area contributed by atoms with Crippen molar-refractivity contribution in [2.75, 3.05) is 19.7 Å². The van der Waals surface area contributed by atoms with Gasteiger partial charge in [-0.05, 0) is 80.2 Å². The molecular formula is C32H29ClF2N4O4. The first-order chi connectivity index (χ1) is 20.8. The van der Waals surface area contributed by atoms with Crippen LogP contribution in [0.25, 0.3) is 17.0 Å². The van der Waals surface area contributed by atoms with Crippen molar-refractivity contribution in [2.45, 2.75) is 50.5 Å². The van der Waals surface area contributed by atoms with E-state index in [4.69, 9.17) is 26.1 Å². The first-order valence-corrected chi connectivity index (χ1v) is 14.8. The summed E-state index contributed by atoms with van der Waals surface area (Å²) >= 11 is 5.92. The lowest BCUT2D eigenvalue weighted by molar-refractivity contribution is -0.0593. The van der Waals surface area contributed by atoms with E-state index in [0.717, 1.165) is 50.3 Å². The van der Waals surface area contributed by atoms with Crippen molar-refractivity contribution in [1.29, 1.82) is 0 Å². The van der Waals surface area contributed by atoms with Crippen molar-refractivity contribution in [3.05, 3.63) is 93.7 Å². The maximum absolute atomic E-state index is 15.3. The molecule has 222 valence electrons. The smallest absolute Gasteiger partial charge is 0.354 e. The quantitative estimate of drug-likeness (QED) is 0.256. The number of pyridine rings is 1.